The fourth-order valence-corrected chi connectivity index (χ4v) is 3.02. The second-order valence-electron chi connectivity index (χ2n) is 3.38. The van der Waals surface area contributed by atoms with Gasteiger partial charge in [0.25, 0.3) is 0 Å². The van der Waals surface area contributed by atoms with E-state index in [-0.39, 0.29) is 6.04 Å². The predicted molar refractivity (Wildman–Crippen MR) is 62.5 cm³/mol. The summed E-state index contributed by atoms with van der Waals surface area (Å²) in [6.07, 6.45) is 0.753. The Balaban J connectivity index is 3.93. The Hall–Kier alpha value is 0.0169. The third-order valence-electron chi connectivity index (χ3n) is 1.91. The highest BCUT2D eigenvalue weighted by atomic mass is 28.4. The van der Waals surface area contributed by atoms with E-state index in [0.29, 0.717) is 26.4 Å². The van der Waals surface area contributed by atoms with Gasteiger partial charge >= 0.3 is 8.80 Å². The Kier molecular flexibility index (Phi) is 8.21. The zero-order valence-corrected chi connectivity index (χ0v) is 11.0. The molecule has 1 unspecified atom stereocenters. The van der Waals surface area contributed by atoms with E-state index in [2.05, 4.69) is 0 Å². The van der Waals surface area contributed by atoms with Gasteiger partial charge in [-0.25, -0.2) is 0 Å². The van der Waals surface area contributed by atoms with Gasteiger partial charge < -0.3 is 24.7 Å². The van der Waals surface area contributed by atoms with Crippen LogP contribution < -0.4 is 11.5 Å². The molecule has 0 aliphatic rings. The van der Waals surface area contributed by atoms with E-state index in [1.54, 1.807) is 0 Å². The van der Waals surface area contributed by atoms with E-state index in [9.17, 15) is 0 Å². The van der Waals surface area contributed by atoms with Crippen molar-refractivity contribution in [3.63, 3.8) is 0 Å². The lowest BCUT2D eigenvalue weighted by Gasteiger charge is -2.26. The summed E-state index contributed by atoms with van der Waals surface area (Å²) in [5.74, 6) is 0. The minimum Gasteiger partial charge on any atom is -0.374 e. The van der Waals surface area contributed by atoms with Crippen LogP contribution >= 0.6 is 0 Å². The maximum atomic E-state index is 5.79. The van der Waals surface area contributed by atoms with E-state index < -0.39 is 8.80 Å². The highest BCUT2D eigenvalue weighted by Crippen LogP contribution is 2.09. The molecular weight excluding hydrogens is 212 g/mol. The molecule has 0 amide bonds. The second kappa shape index (κ2) is 8.20. The maximum Gasteiger partial charge on any atom is 0.497 e. The van der Waals surface area contributed by atoms with Crippen LogP contribution in [0.3, 0.4) is 0 Å². The van der Waals surface area contributed by atoms with Crippen molar-refractivity contribution in [2.45, 2.75) is 32.9 Å². The summed E-state index contributed by atoms with van der Waals surface area (Å²) < 4.78 is 16.7. The summed E-state index contributed by atoms with van der Waals surface area (Å²) in [4.78, 5) is 0. The largest absolute Gasteiger partial charge is 0.497 e. The Morgan fingerprint density at radius 1 is 1.13 bits per heavy atom. The van der Waals surface area contributed by atoms with Gasteiger partial charge in [-0.05, 0) is 26.8 Å². The highest BCUT2D eigenvalue weighted by molar-refractivity contribution is 6.59. The zero-order chi connectivity index (χ0) is 11.7. The summed E-state index contributed by atoms with van der Waals surface area (Å²) in [6, 6.07) is -0.0391. The van der Waals surface area contributed by atoms with Gasteiger partial charge in [0.2, 0.25) is 0 Å². The normalized spacial score (nSPS) is 14.2. The van der Waals surface area contributed by atoms with Crippen molar-refractivity contribution >= 4 is 8.80 Å². The molecule has 6 heteroatoms. The summed E-state index contributed by atoms with van der Waals surface area (Å²) in [6.45, 7) is 7.94. The van der Waals surface area contributed by atoms with Crippen molar-refractivity contribution in [1.29, 1.82) is 0 Å². The number of hydrogen-bond acceptors (Lipinski definition) is 5. The monoisotopic (exact) mass is 236 g/mol. The average Bonchev–Trinajstić information content (AvgIpc) is 2.16. The first-order chi connectivity index (χ1) is 7.08. The first kappa shape index (κ1) is 15.0. The van der Waals surface area contributed by atoms with Crippen LogP contribution in [0.4, 0.5) is 0 Å². The van der Waals surface area contributed by atoms with Gasteiger partial charge in [-0.1, -0.05) is 0 Å². The van der Waals surface area contributed by atoms with Gasteiger partial charge in [0.05, 0.1) is 6.61 Å². The first-order valence-corrected chi connectivity index (χ1v) is 7.68. The lowest BCUT2D eigenvalue weighted by atomic mass is 10.2. The van der Waals surface area contributed by atoms with E-state index in [0.717, 1.165) is 6.42 Å². The molecule has 5 nitrogen and oxygen atoms in total. The summed E-state index contributed by atoms with van der Waals surface area (Å²) >= 11 is 0. The van der Waals surface area contributed by atoms with Crippen LogP contribution in [0.2, 0.25) is 6.55 Å². The minimum absolute atomic E-state index is 0.0391. The van der Waals surface area contributed by atoms with Gasteiger partial charge in [0.1, 0.15) is 0 Å². The number of rotatable bonds is 9. The summed E-state index contributed by atoms with van der Waals surface area (Å²) in [5, 5.41) is 0. The molecule has 0 aliphatic carbocycles. The third kappa shape index (κ3) is 6.99. The number of nitrogens with two attached hydrogens (primary N) is 2. The van der Waals surface area contributed by atoms with E-state index in [1.807, 2.05) is 20.4 Å². The van der Waals surface area contributed by atoms with Crippen LogP contribution in [-0.4, -0.2) is 41.2 Å². The smallest absolute Gasteiger partial charge is 0.374 e. The molecule has 0 saturated carbocycles. The fraction of sp³-hybridized carbons (Fsp3) is 1.00. The molecule has 1 atom stereocenters. The molecule has 15 heavy (non-hydrogen) atoms. The van der Waals surface area contributed by atoms with Crippen LogP contribution in [-0.2, 0) is 13.3 Å². The topological polar surface area (TPSA) is 79.7 Å². The molecule has 0 aromatic rings. The molecule has 92 valence electrons. The van der Waals surface area contributed by atoms with Crippen LogP contribution in [0.25, 0.3) is 0 Å². The third-order valence-corrected chi connectivity index (χ3v) is 4.23. The van der Waals surface area contributed by atoms with Crippen molar-refractivity contribution in [3.8, 4) is 0 Å². The van der Waals surface area contributed by atoms with Crippen molar-refractivity contribution in [2.24, 2.45) is 11.5 Å². The van der Waals surface area contributed by atoms with Crippen LogP contribution in [0.1, 0.15) is 20.3 Å². The Labute approximate surface area is 93.4 Å². The molecular formula is C9H24N2O3Si. The number of hydrogen-bond donors (Lipinski definition) is 2. The van der Waals surface area contributed by atoms with Gasteiger partial charge in [-0.15, -0.1) is 0 Å². The predicted octanol–water partition coefficient (Wildman–Crippen LogP) is 0.321. The Bertz CT molecular complexity index is 154. The van der Waals surface area contributed by atoms with Gasteiger partial charge in [0, 0.05) is 25.8 Å². The van der Waals surface area contributed by atoms with Crippen LogP contribution in [0.5, 0.6) is 0 Å². The van der Waals surface area contributed by atoms with Crippen LogP contribution in [0, 0.1) is 0 Å². The van der Waals surface area contributed by atoms with Crippen molar-refractivity contribution in [2.75, 3.05) is 26.4 Å². The minimum atomic E-state index is -2.46. The van der Waals surface area contributed by atoms with Crippen molar-refractivity contribution < 1.29 is 13.3 Å². The van der Waals surface area contributed by atoms with E-state index >= 15 is 0 Å². The first-order valence-electron chi connectivity index (χ1n) is 5.45. The molecule has 0 fully saturated rings. The molecule has 0 heterocycles. The average molecular weight is 236 g/mol. The molecule has 0 spiro atoms. The van der Waals surface area contributed by atoms with Crippen molar-refractivity contribution in [3.05, 3.63) is 0 Å². The molecule has 0 radical (unpaired) electrons. The van der Waals surface area contributed by atoms with Gasteiger partial charge in [-0.2, -0.15) is 0 Å². The summed E-state index contributed by atoms with van der Waals surface area (Å²) in [7, 11) is -2.46. The van der Waals surface area contributed by atoms with Crippen molar-refractivity contribution in [1.82, 2.24) is 0 Å². The van der Waals surface area contributed by atoms with Crippen LogP contribution in [0.15, 0.2) is 0 Å². The lowest BCUT2D eigenvalue weighted by molar-refractivity contribution is 0.0686. The van der Waals surface area contributed by atoms with E-state index in [1.165, 1.54) is 0 Å². The van der Waals surface area contributed by atoms with E-state index in [4.69, 9.17) is 24.7 Å². The highest BCUT2D eigenvalue weighted by Gasteiger charge is 2.34. The van der Waals surface area contributed by atoms with Gasteiger partial charge in [-0.3, -0.25) is 0 Å². The molecule has 0 aromatic heterocycles. The molecule has 4 N–H and O–H groups in total. The maximum absolute atomic E-state index is 5.79. The fourth-order valence-electron chi connectivity index (χ4n) is 1.21. The zero-order valence-electron chi connectivity index (χ0n) is 9.99. The summed E-state index contributed by atoms with van der Waals surface area (Å²) in [5.41, 5.74) is 11.2. The Morgan fingerprint density at radius 2 is 1.67 bits per heavy atom. The molecule has 0 aliphatic heterocycles. The molecule has 0 saturated heterocycles. The second-order valence-corrected chi connectivity index (χ2v) is 5.97. The standard InChI is InChI=1S/C9H24N2O3Si/c1-4-12-15(3,13-5-2)14-8-9(11)6-7-10/h9H,4-8,10-11H2,1-3H3. The lowest BCUT2D eigenvalue weighted by Crippen LogP contribution is -2.45. The molecule has 0 bridgehead atoms. The molecule has 0 rings (SSSR count). The quantitative estimate of drug-likeness (QED) is 0.564. The SMILES string of the molecule is CCO[Si](C)(OCC)OCC(N)CCN. The molecule has 0 aromatic carbocycles. The Morgan fingerprint density at radius 3 is 2.07 bits per heavy atom. The van der Waals surface area contributed by atoms with Gasteiger partial charge in [0.15, 0.2) is 0 Å².